The molecular formula is C27H30N2O6. The lowest BCUT2D eigenvalue weighted by atomic mass is 10.1. The summed E-state index contributed by atoms with van der Waals surface area (Å²) in [6.07, 6.45) is 1.58. The molecule has 0 aliphatic carbocycles. The third-order valence-electron chi connectivity index (χ3n) is 5.46. The van der Waals surface area contributed by atoms with Crippen LogP contribution in [0.1, 0.15) is 25.2 Å². The van der Waals surface area contributed by atoms with Crippen LogP contribution in [0.5, 0.6) is 17.2 Å². The van der Waals surface area contributed by atoms with Gasteiger partial charge in [0, 0.05) is 13.1 Å². The molecule has 0 N–H and O–H groups in total. The Morgan fingerprint density at radius 1 is 0.914 bits per heavy atom. The van der Waals surface area contributed by atoms with Crippen molar-refractivity contribution >= 4 is 11.8 Å². The average Bonchev–Trinajstić information content (AvgIpc) is 3.53. The Hall–Kier alpha value is -3.94. The molecule has 0 bridgehead atoms. The molecule has 2 heterocycles. The molecule has 35 heavy (non-hydrogen) atoms. The van der Waals surface area contributed by atoms with Gasteiger partial charge in [0.2, 0.25) is 12.7 Å². The summed E-state index contributed by atoms with van der Waals surface area (Å²) < 4.78 is 22.0. The zero-order valence-electron chi connectivity index (χ0n) is 20.0. The van der Waals surface area contributed by atoms with E-state index in [-0.39, 0.29) is 44.2 Å². The first-order chi connectivity index (χ1) is 17.0. The molecule has 3 aromatic rings. The Morgan fingerprint density at radius 3 is 2.46 bits per heavy atom. The summed E-state index contributed by atoms with van der Waals surface area (Å²) in [6, 6.07) is 18.4. The summed E-state index contributed by atoms with van der Waals surface area (Å²) in [6.45, 7) is 5.08. The molecule has 0 radical (unpaired) electrons. The second-order valence-corrected chi connectivity index (χ2v) is 8.79. The van der Waals surface area contributed by atoms with Gasteiger partial charge in [0.1, 0.15) is 11.5 Å². The molecule has 0 saturated heterocycles. The van der Waals surface area contributed by atoms with Gasteiger partial charge in [0.15, 0.2) is 18.1 Å². The van der Waals surface area contributed by atoms with Crippen LogP contribution in [-0.4, -0.2) is 48.1 Å². The molecular weight excluding hydrogens is 448 g/mol. The molecule has 2 aromatic carbocycles. The molecule has 1 aliphatic rings. The highest BCUT2D eigenvalue weighted by molar-refractivity contribution is 5.85. The minimum Gasteiger partial charge on any atom is -0.484 e. The van der Waals surface area contributed by atoms with Gasteiger partial charge >= 0.3 is 0 Å². The number of amides is 2. The molecule has 1 aliphatic heterocycles. The van der Waals surface area contributed by atoms with Crippen LogP contribution in [0.25, 0.3) is 0 Å². The van der Waals surface area contributed by atoms with Gasteiger partial charge < -0.3 is 28.4 Å². The number of rotatable bonds is 11. The summed E-state index contributed by atoms with van der Waals surface area (Å²) in [5.41, 5.74) is 0.892. The fourth-order valence-electron chi connectivity index (χ4n) is 3.79. The van der Waals surface area contributed by atoms with Crippen LogP contribution in [0.4, 0.5) is 0 Å². The van der Waals surface area contributed by atoms with Crippen LogP contribution in [0, 0.1) is 5.92 Å². The molecule has 2 amide bonds. The van der Waals surface area contributed by atoms with E-state index in [1.54, 1.807) is 34.3 Å². The van der Waals surface area contributed by atoms with Crippen molar-refractivity contribution in [2.75, 3.05) is 26.5 Å². The molecule has 8 heteroatoms. The highest BCUT2D eigenvalue weighted by Gasteiger charge is 2.24. The van der Waals surface area contributed by atoms with Crippen molar-refractivity contribution < 1.29 is 28.2 Å². The monoisotopic (exact) mass is 478 g/mol. The van der Waals surface area contributed by atoms with Crippen LogP contribution in [0.3, 0.4) is 0 Å². The average molecular weight is 479 g/mol. The lowest BCUT2D eigenvalue weighted by molar-refractivity contribution is -0.142. The molecule has 0 fully saturated rings. The minimum absolute atomic E-state index is 0.0551. The standard InChI is InChI=1S/C27H30N2O6/c1-20(2)14-28(27(31)18-33-22-7-4-3-5-8-22)17-26(30)29(16-23-9-6-12-32-23)15-21-10-11-24-25(13-21)35-19-34-24/h3-13,20H,14-19H2,1-2H3. The largest absolute Gasteiger partial charge is 0.484 e. The predicted molar refractivity (Wildman–Crippen MR) is 129 cm³/mol. The van der Waals surface area contributed by atoms with Gasteiger partial charge in [0.05, 0.1) is 19.4 Å². The molecule has 0 spiro atoms. The predicted octanol–water partition coefficient (Wildman–Crippen LogP) is 4.10. The fourth-order valence-corrected chi connectivity index (χ4v) is 3.79. The van der Waals surface area contributed by atoms with Crippen molar-refractivity contribution in [2.24, 2.45) is 5.92 Å². The van der Waals surface area contributed by atoms with Gasteiger partial charge in [-0.25, -0.2) is 0 Å². The van der Waals surface area contributed by atoms with E-state index in [2.05, 4.69) is 0 Å². The SMILES string of the molecule is CC(C)CN(CC(=O)N(Cc1ccc2c(c1)OCO2)Cc1ccco1)C(=O)COc1ccccc1. The van der Waals surface area contributed by atoms with Crippen LogP contribution >= 0.6 is 0 Å². The van der Waals surface area contributed by atoms with E-state index in [4.69, 9.17) is 18.6 Å². The first-order valence-corrected chi connectivity index (χ1v) is 11.6. The van der Waals surface area contributed by atoms with Crippen molar-refractivity contribution in [3.05, 3.63) is 78.3 Å². The highest BCUT2D eigenvalue weighted by atomic mass is 16.7. The third-order valence-corrected chi connectivity index (χ3v) is 5.46. The summed E-state index contributed by atoms with van der Waals surface area (Å²) in [5, 5.41) is 0. The van der Waals surface area contributed by atoms with Gasteiger partial charge in [-0.2, -0.15) is 0 Å². The number of hydrogen-bond acceptors (Lipinski definition) is 6. The summed E-state index contributed by atoms with van der Waals surface area (Å²) in [5.74, 6) is 2.38. The van der Waals surface area contributed by atoms with Crippen molar-refractivity contribution in [2.45, 2.75) is 26.9 Å². The van der Waals surface area contributed by atoms with Gasteiger partial charge in [-0.15, -0.1) is 0 Å². The normalized spacial score (nSPS) is 12.0. The van der Waals surface area contributed by atoms with E-state index in [9.17, 15) is 9.59 Å². The Kier molecular flexibility index (Phi) is 7.92. The number of nitrogens with zero attached hydrogens (tertiary/aromatic N) is 2. The maximum atomic E-state index is 13.5. The number of benzene rings is 2. The van der Waals surface area contributed by atoms with E-state index in [0.717, 1.165) is 5.56 Å². The number of carbonyl (C=O) groups is 2. The maximum absolute atomic E-state index is 13.5. The zero-order valence-corrected chi connectivity index (χ0v) is 20.0. The van der Waals surface area contributed by atoms with Gasteiger partial charge in [-0.05, 0) is 47.9 Å². The molecule has 184 valence electrons. The van der Waals surface area contributed by atoms with E-state index >= 15 is 0 Å². The number of ether oxygens (including phenoxy) is 3. The van der Waals surface area contributed by atoms with E-state index in [1.807, 2.05) is 56.3 Å². The Bertz CT molecular complexity index is 1110. The summed E-state index contributed by atoms with van der Waals surface area (Å²) >= 11 is 0. The molecule has 0 unspecified atom stereocenters. The summed E-state index contributed by atoms with van der Waals surface area (Å²) in [4.78, 5) is 29.7. The molecule has 1 aromatic heterocycles. The fraction of sp³-hybridized carbons (Fsp3) is 0.333. The van der Waals surface area contributed by atoms with Crippen LogP contribution in [0.15, 0.2) is 71.3 Å². The Balaban J connectivity index is 1.46. The molecule has 0 saturated carbocycles. The zero-order chi connectivity index (χ0) is 24.6. The summed E-state index contributed by atoms with van der Waals surface area (Å²) in [7, 11) is 0. The molecule has 4 rings (SSSR count). The van der Waals surface area contributed by atoms with E-state index < -0.39 is 0 Å². The lowest BCUT2D eigenvalue weighted by Crippen LogP contribution is -2.45. The van der Waals surface area contributed by atoms with Crippen molar-refractivity contribution in [3.8, 4) is 17.2 Å². The topological polar surface area (TPSA) is 81.5 Å². The second-order valence-electron chi connectivity index (χ2n) is 8.79. The first kappa shape index (κ1) is 24.2. The van der Waals surface area contributed by atoms with Crippen LogP contribution in [0.2, 0.25) is 0 Å². The van der Waals surface area contributed by atoms with Crippen LogP contribution < -0.4 is 14.2 Å². The third kappa shape index (κ3) is 6.79. The number of hydrogen-bond donors (Lipinski definition) is 0. The number of carbonyl (C=O) groups excluding carboxylic acids is 2. The van der Waals surface area contributed by atoms with Crippen molar-refractivity contribution in [1.29, 1.82) is 0 Å². The Morgan fingerprint density at radius 2 is 1.71 bits per heavy atom. The number of furan rings is 1. The van der Waals surface area contributed by atoms with Crippen molar-refractivity contribution in [3.63, 3.8) is 0 Å². The minimum atomic E-state index is -0.239. The van der Waals surface area contributed by atoms with Crippen LogP contribution in [-0.2, 0) is 22.7 Å². The Labute approximate surface area is 205 Å². The van der Waals surface area contributed by atoms with Crippen molar-refractivity contribution in [1.82, 2.24) is 9.80 Å². The smallest absolute Gasteiger partial charge is 0.260 e. The second kappa shape index (κ2) is 11.5. The van der Waals surface area contributed by atoms with E-state index in [1.165, 1.54) is 0 Å². The lowest BCUT2D eigenvalue weighted by Gasteiger charge is -2.28. The molecule has 0 atom stereocenters. The van der Waals surface area contributed by atoms with E-state index in [0.29, 0.717) is 36.1 Å². The number of fused-ring (bicyclic) bond motifs is 1. The number of para-hydroxylation sites is 1. The van der Waals surface area contributed by atoms with Gasteiger partial charge in [-0.3, -0.25) is 9.59 Å². The van der Waals surface area contributed by atoms with Gasteiger partial charge in [0.25, 0.3) is 5.91 Å². The van der Waals surface area contributed by atoms with Gasteiger partial charge in [-0.1, -0.05) is 38.1 Å². The quantitative estimate of drug-likeness (QED) is 0.413. The highest BCUT2D eigenvalue weighted by Crippen LogP contribution is 2.33. The maximum Gasteiger partial charge on any atom is 0.260 e. The first-order valence-electron chi connectivity index (χ1n) is 11.6. The molecule has 8 nitrogen and oxygen atoms in total.